The van der Waals surface area contributed by atoms with E-state index in [0.717, 1.165) is 29.2 Å². The highest BCUT2D eigenvalue weighted by molar-refractivity contribution is 5.20. The molecule has 0 aliphatic heterocycles. The van der Waals surface area contributed by atoms with Crippen LogP contribution in [0.3, 0.4) is 0 Å². The number of aryl methyl sites for hydroxylation is 3. The van der Waals surface area contributed by atoms with E-state index < -0.39 is 6.10 Å². The fourth-order valence-electron chi connectivity index (χ4n) is 2.13. The molecule has 18 heavy (non-hydrogen) atoms. The zero-order valence-electron chi connectivity index (χ0n) is 11.1. The topological polar surface area (TPSA) is 50.9 Å². The third-order valence-corrected chi connectivity index (χ3v) is 2.99. The van der Waals surface area contributed by atoms with Crippen LogP contribution >= 0.6 is 0 Å². The van der Waals surface area contributed by atoms with Gasteiger partial charge >= 0.3 is 0 Å². The molecule has 0 aromatic carbocycles. The number of nitrogens with zero attached hydrogens (tertiary/aromatic N) is 3. The van der Waals surface area contributed by atoms with Crippen molar-refractivity contribution in [2.45, 2.75) is 39.8 Å². The van der Waals surface area contributed by atoms with Gasteiger partial charge in [0.15, 0.2) is 0 Å². The number of pyridine rings is 1. The summed E-state index contributed by atoms with van der Waals surface area (Å²) in [5, 5.41) is 14.6. The molecule has 0 radical (unpaired) electrons. The Morgan fingerprint density at radius 3 is 2.72 bits per heavy atom. The molecule has 0 aliphatic rings. The lowest BCUT2D eigenvalue weighted by molar-refractivity contribution is 0.175. The summed E-state index contributed by atoms with van der Waals surface area (Å²) < 4.78 is 1.94. The lowest BCUT2D eigenvalue weighted by Crippen LogP contribution is -2.08. The molecule has 2 aromatic rings. The molecule has 0 fully saturated rings. The molecule has 1 atom stereocenters. The molecule has 0 amide bonds. The van der Waals surface area contributed by atoms with E-state index >= 15 is 0 Å². The van der Waals surface area contributed by atoms with Crippen molar-refractivity contribution in [2.24, 2.45) is 0 Å². The first-order chi connectivity index (χ1) is 8.60. The molecule has 1 N–H and O–H groups in total. The second kappa shape index (κ2) is 5.31. The van der Waals surface area contributed by atoms with Gasteiger partial charge in [0.25, 0.3) is 0 Å². The summed E-state index contributed by atoms with van der Waals surface area (Å²) in [6.07, 6.45) is 1.81. The first-order valence-corrected chi connectivity index (χ1v) is 6.24. The maximum absolute atomic E-state index is 10.3. The molecule has 1 unspecified atom stereocenters. The first-order valence-electron chi connectivity index (χ1n) is 6.24. The predicted molar refractivity (Wildman–Crippen MR) is 70.3 cm³/mol. The van der Waals surface area contributed by atoms with Gasteiger partial charge < -0.3 is 5.11 Å². The molecule has 0 saturated heterocycles. The summed E-state index contributed by atoms with van der Waals surface area (Å²) >= 11 is 0. The van der Waals surface area contributed by atoms with Crippen molar-refractivity contribution < 1.29 is 5.11 Å². The standard InChI is InChI=1S/C14H19N3O/c1-4-17-13(8-11(3)16-17)9-14(18)12-5-6-15-10(2)7-12/h5-8,14,18H,4,9H2,1-3H3. The maximum Gasteiger partial charge on any atom is 0.0846 e. The average Bonchev–Trinajstić information content (AvgIpc) is 2.69. The van der Waals surface area contributed by atoms with Gasteiger partial charge in [0, 0.05) is 30.6 Å². The van der Waals surface area contributed by atoms with E-state index in [1.54, 1.807) is 6.20 Å². The van der Waals surface area contributed by atoms with Gasteiger partial charge in [-0.1, -0.05) is 0 Å². The van der Waals surface area contributed by atoms with Gasteiger partial charge in [0.2, 0.25) is 0 Å². The quantitative estimate of drug-likeness (QED) is 0.898. The summed E-state index contributed by atoms with van der Waals surface area (Å²) in [5.74, 6) is 0. The van der Waals surface area contributed by atoms with Crippen LogP contribution in [-0.2, 0) is 13.0 Å². The van der Waals surface area contributed by atoms with Crippen molar-refractivity contribution in [1.29, 1.82) is 0 Å². The smallest absolute Gasteiger partial charge is 0.0846 e. The highest BCUT2D eigenvalue weighted by Crippen LogP contribution is 2.19. The summed E-state index contributed by atoms with van der Waals surface area (Å²) in [6, 6.07) is 5.81. The van der Waals surface area contributed by atoms with Crippen LogP contribution in [-0.4, -0.2) is 19.9 Å². The number of hydrogen-bond donors (Lipinski definition) is 1. The van der Waals surface area contributed by atoms with Crippen molar-refractivity contribution in [1.82, 2.24) is 14.8 Å². The lowest BCUT2D eigenvalue weighted by atomic mass is 10.1. The maximum atomic E-state index is 10.3. The van der Waals surface area contributed by atoms with Gasteiger partial charge in [-0.15, -0.1) is 0 Å². The highest BCUT2D eigenvalue weighted by atomic mass is 16.3. The molecular formula is C14H19N3O. The van der Waals surface area contributed by atoms with Crippen LogP contribution in [0.2, 0.25) is 0 Å². The number of aliphatic hydroxyl groups excluding tert-OH is 1. The van der Waals surface area contributed by atoms with Gasteiger partial charge in [0.1, 0.15) is 0 Å². The molecule has 0 spiro atoms. The van der Waals surface area contributed by atoms with Crippen LogP contribution < -0.4 is 0 Å². The van der Waals surface area contributed by atoms with E-state index in [1.165, 1.54) is 0 Å². The lowest BCUT2D eigenvalue weighted by Gasteiger charge is -2.12. The van der Waals surface area contributed by atoms with Crippen molar-refractivity contribution in [3.8, 4) is 0 Å². The van der Waals surface area contributed by atoms with Crippen LogP contribution in [0.25, 0.3) is 0 Å². The van der Waals surface area contributed by atoms with Crippen LogP contribution in [0.4, 0.5) is 0 Å². The fourth-order valence-corrected chi connectivity index (χ4v) is 2.13. The van der Waals surface area contributed by atoms with E-state index in [2.05, 4.69) is 17.0 Å². The van der Waals surface area contributed by atoms with Crippen LogP contribution in [0.5, 0.6) is 0 Å². The van der Waals surface area contributed by atoms with E-state index in [1.807, 2.05) is 36.7 Å². The van der Waals surface area contributed by atoms with Crippen molar-refractivity contribution in [3.63, 3.8) is 0 Å². The monoisotopic (exact) mass is 245 g/mol. The molecule has 0 aliphatic carbocycles. The van der Waals surface area contributed by atoms with Crippen molar-refractivity contribution >= 4 is 0 Å². The molecule has 0 saturated carbocycles. The second-order valence-electron chi connectivity index (χ2n) is 4.54. The molecule has 4 nitrogen and oxygen atoms in total. The van der Waals surface area contributed by atoms with Crippen LogP contribution in [0, 0.1) is 13.8 Å². The molecule has 2 heterocycles. The molecule has 4 heteroatoms. The van der Waals surface area contributed by atoms with E-state index in [9.17, 15) is 5.11 Å². The van der Waals surface area contributed by atoms with Crippen LogP contribution in [0.1, 0.15) is 35.7 Å². The zero-order valence-corrected chi connectivity index (χ0v) is 11.1. The summed E-state index contributed by atoms with van der Waals surface area (Å²) in [4.78, 5) is 4.14. The molecule has 2 rings (SSSR count). The van der Waals surface area contributed by atoms with Gasteiger partial charge in [-0.05, 0) is 44.5 Å². The summed E-state index contributed by atoms with van der Waals surface area (Å²) in [7, 11) is 0. The Morgan fingerprint density at radius 1 is 1.28 bits per heavy atom. The van der Waals surface area contributed by atoms with Crippen LogP contribution in [0.15, 0.2) is 24.4 Å². The highest BCUT2D eigenvalue weighted by Gasteiger charge is 2.12. The largest absolute Gasteiger partial charge is 0.388 e. The second-order valence-corrected chi connectivity index (χ2v) is 4.54. The summed E-state index contributed by atoms with van der Waals surface area (Å²) in [6.45, 7) is 6.78. The number of aromatic nitrogens is 3. The Balaban J connectivity index is 2.18. The Bertz CT molecular complexity index is 534. The Hall–Kier alpha value is -1.68. The summed E-state index contributed by atoms with van der Waals surface area (Å²) in [5.41, 5.74) is 3.89. The van der Waals surface area contributed by atoms with Gasteiger partial charge in [-0.25, -0.2) is 0 Å². The number of aliphatic hydroxyl groups is 1. The first kappa shape index (κ1) is 12.8. The van der Waals surface area contributed by atoms with Gasteiger partial charge in [-0.2, -0.15) is 5.10 Å². The average molecular weight is 245 g/mol. The van der Waals surface area contributed by atoms with E-state index in [-0.39, 0.29) is 0 Å². The van der Waals surface area contributed by atoms with Gasteiger partial charge in [0.05, 0.1) is 11.8 Å². The minimum atomic E-state index is -0.506. The third-order valence-electron chi connectivity index (χ3n) is 2.99. The van der Waals surface area contributed by atoms with E-state index in [0.29, 0.717) is 6.42 Å². The zero-order chi connectivity index (χ0) is 13.1. The number of rotatable bonds is 4. The SMILES string of the molecule is CCn1nc(C)cc1CC(O)c1ccnc(C)c1. The predicted octanol–water partition coefficient (Wildman–Crippen LogP) is 2.19. The van der Waals surface area contributed by atoms with Gasteiger partial charge in [-0.3, -0.25) is 9.67 Å². The Kier molecular flexibility index (Phi) is 3.77. The molecular weight excluding hydrogens is 226 g/mol. The molecule has 96 valence electrons. The Labute approximate surface area is 107 Å². The third kappa shape index (κ3) is 2.76. The molecule has 0 bridgehead atoms. The Morgan fingerprint density at radius 2 is 2.06 bits per heavy atom. The normalized spacial score (nSPS) is 12.7. The minimum absolute atomic E-state index is 0.506. The van der Waals surface area contributed by atoms with E-state index in [4.69, 9.17) is 0 Å². The van der Waals surface area contributed by atoms with Crippen molar-refractivity contribution in [2.75, 3.05) is 0 Å². The molecule has 2 aromatic heterocycles. The minimum Gasteiger partial charge on any atom is -0.388 e. The van der Waals surface area contributed by atoms with Crippen molar-refractivity contribution in [3.05, 3.63) is 47.0 Å². The fraction of sp³-hybridized carbons (Fsp3) is 0.429. The number of hydrogen-bond acceptors (Lipinski definition) is 3.